The van der Waals surface area contributed by atoms with Crippen LogP contribution in [0.2, 0.25) is 0 Å². The fraction of sp³-hybridized carbons (Fsp3) is 0.0667. The Morgan fingerprint density at radius 2 is 1.60 bits per heavy atom. The molecule has 1 amide bonds. The van der Waals surface area contributed by atoms with Gasteiger partial charge in [0, 0.05) is 33.3 Å². The van der Waals surface area contributed by atoms with Crippen molar-refractivity contribution in [3.05, 3.63) is 126 Å². The van der Waals surface area contributed by atoms with Crippen molar-refractivity contribution in [1.29, 1.82) is 0 Å². The van der Waals surface area contributed by atoms with Crippen molar-refractivity contribution in [3.63, 3.8) is 0 Å². The van der Waals surface area contributed by atoms with Crippen LogP contribution in [0.15, 0.2) is 108 Å². The number of aryl methyl sites for hydroxylation is 1. The van der Waals surface area contributed by atoms with Gasteiger partial charge in [-0.25, -0.2) is 5.43 Å². The summed E-state index contributed by atoms with van der Waals surface area (Å²) in [6.07, 6.45) is 1.68. The average Bonchev–Trinajstić information content (AvgIpc) is 3.23. The van der Waals surface area contributed by atoms with Crippen molar-refractivity contribution in [2.45, 2.75) is 13.5 Å². The summed E-state index contributed by atoms with van der Waals surface area (Å²) in [4.78, 5) is 15.9. The highest BCUT2D eigenvalue weighted by molar-refractivity contribution is 6.01. The van der Waals surface area contributed by atoms with Gasteiger partial charge in [0.25, 0.3) is 5.91 Å². The van der Waals surface area contributed by atoms with Crippen LogP contribution in [0.3, 0.4) is 0 Å². The van der Waals surface area contributed by atoms with Gasteiger partial charge < -0.3 is 9.72 Å². The van der Waals surface area contributed by atoms with Gasteiger partial charge in [-0.2, -0.15) is 5.10 Å². The molecule has 5 heteroatoms. The van der Waals surface area contributed by atoms with Gasteiger partial charge in [0.2, 0.25) is 0 Å². The van der Waals surface area contributed by atoms with Crippen molar-refractivity contribution >= 4 is 23.0 Å². The molecule has 0 aliphatic heterocycles. The molecule has 0 aliphatic rings. The molecular weight excluding hydrogens is 434 g/mol. The number of aromatic amines is 1. The fourth-order valence-corrected chi connectivity index (χ4v) is 4.05. The number of hydrogen-bond acceptors (Lipinski definition) is 3. The Morgan fingerprint density at radius 1 is 0.886 bits per heavy atom. The molecule has 5 aromatic rings. The number of nitrogens with zero attached hydrogens (tertiary/aromatic N) is 1. The first-order valence-electron chi connectivity index (χ1n) is 11.5. The van der Waals surface area contributed by atoms with Crippen LogP contribution in [0.25, 0.3) is 22.0 Å². The summed E-state index contributed by atoms with van der Waals surface area (Å²) in [5.41, 5.74) is 9.29. The van der Waals surface area contributed by atoms with E-state index in [2.05, 4.69) is 33.7 Å². The lowest BCUT2D eigenvalue weighted by atomic mass is 10.0. The van der Waals surface area contributed by atoms with E-state index >= 15 is 0 Å². The first kappa shape index (κ1) is 22.2. The maximum atomic E-state index is 12.5. The van der Waals surface area contributed by atoms with Gasteiger partial charge in [-0.05, 0) is 42.3 Å². The summed E-state index contributed by atoms with van der Waals surface area (Å²) in [5.74, 6) is 0.558. The van der Waals surface area contributed by atoms with E-state index in [0.717, 1.165) is 44.6 Å². The number of carbonyl (C=O) groups is 1. The molecule has 5 nitrogen and oxygen atoms in total. The van der Waals surface area contributed by atoms with E-state index in [9.17, 15) is 4.79 Å². The standard InChI is InChI=1S/C30H25N3O2/c1-21-27(26-12-5-7-13-28(26)32-21)19-31-33-30(34)24-17-15-22(16-18-24)20-35-29-14-8-6-11-25(29)23-9-3-2-4-10-23/h2-19,32H,20H2,1H3,(H,33,34)/b31-19+. The number of hydrogen-bond donors (Lipinski definition) is 2. The Kier molecular flexibility index (Phi) is 6.39. The first-order chi connectivity index (χ1) is 17.2. The summed E-state index contributed by atoms with van der Waals surface area (Å²) >= 11 is 0. The summed E-state index contributed by atoms with van der Waals surface area (Å²) in [6, 6.07) is 33.5. The number of hydrazone groups is 1. The van der Waals surface area contributed by atoms with Crippen LogP contribution in [0.4, 0.5) is 0 Å². The molecule has 1 heterocycles. The number of ether oxygens (including phenoxy) is 1. The Labute approximate surface area is 204 Å². The molecule has 35 heavy (non-hydrogen) atoms. The smallest absolute Gasteiger partial charge is 0.271 e. The second kappa shape index (κ2) is 10.1. The van der Waals surface area contributed by atoms with Crippen LogP contribution in [0.5, 0.6) is 5.75 Å². The molecular formula is C30H25N3O2. The normalized spacial score (nSPS) is 11.1. The van der Waals surface area contributed by atoms with Crippen LogP contribution >= 0.6 is 0 Å². The van der Waals surface area contributed by atoms with E-state index in [1.165, 1.54) is 0 Å². The van der Waals surface area contributed by atoms with Crippen LogP contribution in [0, 0.1) is 6.92 Å². The molecule has 0 atom stereocenters. The lowest BCUT2D eigenvalue weighted by Crippen LogP contribution is -2.17. The minimum absolute atomic E-state index is 0.263. The van der Waals surface area contributed by atoms with Gasteiger partial charge in [-0.1, -0.05) is 78.9 Å². The summed E-state index contributed by atoms with van der Waals surface area (Å²) in [6.45, 7) is 2.39. The SMILES string of the molecule is Cc1[nH]c2ccccc2c1/C=N/NC(=O)c1ccc(COc2ccccc2-c2ccccc2)cc1. The maximum Gasteiger partial charge on any atom is 0.271 e. The van der Waals surface area contributed by atoms with Gasteiger partial charge in [0.15, 0.2) is 0 Å². The lowest BCUT2D eigenvalue weighted by molar-refractivity contribution is 0.0955. The molecule has 1 aromatic heterocycles. The molecule has 0 saturated carbocycles. The van der Waals surface area contributed by atoms with Gasteiger partial charge in [-0.15, -0.1) is 0 Å². The summed E-state index contributed by atoms with van der Waals surface area (Å²) in [7, 11) is 0. The van der Waals surface area contributed by atoms with E-state index in [1.807, 2.05) is 79.7 Å². The number of aromatic nitrogens is 1. The maximum absolute atomic E-state index is 12.5. The van der Waals surface area contributed by atoms with Crippen molar-refractivity contribution in [3.8, 4) is 16.9 Å². The minimum Gasteiger partial charge on any atom is -0.488 e. The predicted molar refractivity (Wildman–Crippen MR) is 141 cm³/mol. The third-order valence-electron chi connectivity index (χ3n) is 5.89. The zero-order valence-corrected chi connectivity index (χ0v) is 19.4. The Balaban J connectivity index is 1.21. The van der Waals surface area contributed by atoms with Gasteiger partial charge in [-0.3, -0.25) is 4.79 Å². The topological polar surface area (TPSA) is 66.5 Å². The Morgan fingerprint density at radius 3 is 2.43 bits per heavy atom. The molecule has 0 fully saturated rings. The number of H-pyrrole nitrogens is 1. The molecule has 4 aromatic carbocycles. The second-order valence-corrected chi connectivity index (χ2v) is 8.26. The molecule has 0 saturated heterocycles. The Hall–Kier alpha value is -4.64. The average molecular weight is 460 g/mol. The summed E-state index contributed by atoms with van der Waals surface area (Å²) < 4.78 is 6.10. The van der Waals surface area contributed by atoms with Crippen LogP contribution in [-0.4, -0.2) is 17.1 Å². The predicted octanol–water partition coefficient (Wildman–Crippen LogP) is 6.49. The van der Waals surface area contributed by atoms with E-state index in [1.54, 1.807) is 18.3 Å². The lowest BCUT2D eigenvalue weighted by Gasteiger charge is -2.12. The van der Waals surface area contributed by atoms with Crippen LogP contribution < -0.4 is 10.2 Å². The molecule has 0 radical (unpaired) electrons. The van der Waals surface area contributed by atoms with Gasteiger partial charge in [0.1, 0.15) is 12.4 Å². The van der Waals surface area contributed by atoms with E-state index in [-0.39, 0.29) is 5.91 Å². The molecule has 172 valence electrons. The molecule has 0 aliphatic carbocycles. The number of rotatable bonds is 7. The highest BCUT2D eigenvalue weighted by Gasteiger charge is 2.08. The van der Waals surface area contributed by atoms with E-state index < -0.39 is 0 Å². The largest absolute Gasteiger partial charge is 0.488 e. The van der Waals surface area contributed by atoms with Crippen molar-refractivity contribution in [2.24, 2.45) is 5.10 Å². The highest BCUT2D eigenvalue weighted by atomic mass is 16.5. The van der Waals surface area contributed by atoms with Crippen LogP contribution in [0.1, 0.15) is 27.2 Å². The van der Waals surface area contributed by atoms with Crippen molar-refractivity contribution in [2.75, 3.05) is 0 Å². The number of para-hydroxylation sites is 2. The monoisotopic (exact) mass is 459 g/mol. The Bertz CT molecular complexity index is 1490. The van der Waals surface area contributed by atoms with Crippen LogP contribution in [-0.2, 0) is 6.61 Å². The number of fused-ring (bicyclic) bond motifs is 1. The van der Waals surface area contributed by atoms with E-state index in [0.29, 0.717) is 12.2 Å². The summed E-state index contributed by atoms with van der Waals surface area (Å²) in [5, 5.41) is 5.24. The highest BCUT2D eigenvalue weighted by Crippen LogP contribution is 2.30. The molecule has 0 bridgehead atoms. The number of amides is 1. The second-order valence-electron chi connectivity index (χ2n) is 8.26. The minimum atomic E-state index is -0.263. The third kappa shape index (κ3) is 4.99. The quantitative estimate of drug-likeness (QED) is 0.216. The fourth-order valence-electron chi connectivity index (χ4n) is 4.05. The van der Waals surface area contributed by atoms with Gasteiger partial charge >= 0.3 is 0 Å². The van der Waals surface area contributed by atoms with E-state index in [4.69, 9.17) is 4.74 Å². The molecule has 0 unspecified atom stereocenters. The molecule has 0 spiro atoms. The number of nitrogens with one attached hydrogen (secondary N) is 2. The van der Waals surface area contributed by atoms with Gasteiger partial charge in [0.05, 0.1) is 6.21 Å². The zero-order valence-electron chi connectivity index (χ0n) is 19.4. The zero-order chi connectivity index (χ0) is 24.0. The van der Waals surface area contributed by atoms with Crippen molar-refractivity contribution < 1.29 is 9.53 Å². The number of benzene rings is 4. The van der Waals surface area contributed by atoms with Crippen molar-refractivity contribution in [1.82, 2.24) is 10.4 Å². The first-order valence-corrected chi connectivity index (χ1v) is 11.5. The number of carbonyl (C=O) groups excluding carboxylic acids is 1. The third-order valence-corrected chi connectivity index (χ3v) is 5.89. The molecule has 2 N–H and O–H groups in total. The molecule has 5 rings (SSSR count).